The third-order valence-electron chi connectivity index (χ3n) is 8.63. The van der Waals surface area contributed by atoms with Crippen molar-refractivity contribution >= 4 is 11.6 Å². The van der Waals surface area contributed by atoms with E-state index in [2.05, 4.69) is 113 Å². The van der Waals surface area contributed by atoms with Crippen LogP contribution in [0.5, 0.6) is 0 Å². The second-order valence-electron chi connectivity index (χ2n) is 11.9. The Morgan fingerprint density at radius 3 is 2.14 bits per heavy atom. The molecule has 0 radical (unpaired) electrons. The normalized spacial score (nSPS) is 14.0. The lowest BCUT2D eigenvalue weighted by Gasteiger charge is -2.38. The number of likely N-dealkylation sites (tertiary alicyclic amines) is 1. The molecule has 0 spiro atoms. The number of carbonyl (C=O) groups is 1. The van der Waals surface area contributed by atoms with Crippen molar-refractivity contribution in [3.05, 3.63) is 131 Å². The Labute approximate surface area is 258 Å². The van der Waals surface area contributed by atoms with E-state index in [0.29, 0.717) is 6.54 Å². The van der Waals surface area contributed by atoms with Crippen molar-refractivity contribution in [1.29, 1.82) is 0 Å². The van der Waals surface area contributed by atoms with Crippen LogP contribution in [0.4, 0.5) is 5.69 Å². The molecule has 2 heterocycles. The second-order valence-corrected chi connectivity index (χ2v) is 11.9. The number of amides is 1. The number of nitrogens with zero attached hydrogens (tertiary/aromatic N) is 4. The highest BCUT2D eigenvalue weighted by atomic mass is 16.2. The molecule has 0 saturated carbocycles. The maximum absolute atomic E-state index is 14.1. The predicted octanol–water partition coefficient (Wildman–Crippen LogP) is 7.76. The van der Waals surface area contributed by atoms with Gasteiger partial charge in [-0.05, 0) is 78.8 Å². The summed E-state index contributed by atoms with van der Waals surface area (Å²) in [4.78, 5) is 25.4. The topological polar surface area (TPSA) is 39.7 Å². The fourth-order valence-electron chi connectivity index (χ4n) is 6.04. The zero-order valence-electron chi connectivity index (χ0n) is 25.9. The van der Waals surface area contributed by atoms with Gasteiger partial charge in [-0.15, -0.1) is 0 Å². The van der Waals surface area contributed by atoms with Crippen LogP contribution in [-0.2, 0) is 26.1 Å². The average Bonchev–Trinajstić information content (AvgIpc) is 3.05. The van der Waals surface area contributed by atoms with Gasteiger partial charge in [-0.2, -0.15) is 0 Å². The Morgan fingerprint density at radius 1 is 0.791 bits per heavy atom. The van der Waals surface area contributed by atoms with Crippen LogP contribution in [0.1, 0.15) is 71.8 Å². The SMILES string of the molecule is CCCCCc1ccc(C(=O)N(Cc2ccc(N(C)Cc3ccccc3)cc2)C2CCN(Cc3ccccn3)CC2)cc1. The molecule has 0 bridgehead atoms. The fourth-order valence-corrected chi connectivity index (χ4v) is 6.04. The Bertz CT molecular complexity index is 1380. The summed E-state index contributed by atoms with van der Waals surface area (Å²) >= 11 is 0. The number of unbranched alkanes of at least 4 members (excludes halogenated alkanes) is 2. The predicted molar refractivity (Wildman–Crippen MR) is 177 cm³/mol. The smallest absolute Gasteiger partial charge is 0.254 e. The number of aryl methyl sites for hydroxylation is 1. The van der Waals surface area contributed by atoms with Crippen molar-refractivity contribution in [3.8, 4) is 0 Å². The summed E-state index contributed by atoms with van der Waals surface area (Å²) in [5.41, 5.74) is 6.83. The molecule has 1 saturated heterocycles. The minimum atomic E-state index is 0.133. The van der Waals surface area contributed by atoms with Crippen molar-refractivity contribution in [1.82, 2.24) is 14.8 Å². The van der Waals surface area contributed by atoms with Gasteiger partial charge in [-0.25, -0.2) is 0 Å². The van der Waals surface area contributed by atoms with Crippen LogP contribution in [0.15, 0.2) is 103 Å². The molecule has 5 nitrogen and oxygen atoms in total. The first kappa shape index (κ1) is 30.5. The molecule has 1 fully saturated rings. The number of rotatable bonds is 13. The molecule has 43 heavy (non-hydrogen) atoms. The third kappa shape index (κ3) is 8.77. The van der Waals surface area contributed by atoms with Gasteiger partial charge in [0.2, 0.25) is 0 Å². The summed E-state index contributed by atoms with van der Waals surface area (Å²) in [7, 11) is 2.13. The zero-order valence-corrected chi connectivity index (χ0v) is 25.9. The Morgan fingerprint density at radius 2 is 1.47 bits per heavy atom. The lowest BCUT2D eigenvalue weighted by molar-refractivity contribution is 0.0541. The van der Waals surface area contributed by atoms with Crippen LogP contribution in [0.2, 0.25) is 0 Å². The molecule has 3 aromatic carbocycles. The summed E-state index contributed by atoms with van der Waals surface area (Å²) in [6.07, 6.45) is 8.53. The lowest BCUT2D eigenvalue weighted by Crippen LogP contribution is -2.47. The molecule has 1 aliphatic heterocycles. The van der Waals surface area contributed by atoms with E-state index in [0.717, 1.165) is 62.3 Å². The van der Waals surface area contributed by atoms with E-state index in [1.165, 1.54) is 36.1 Å². The third-order valence-corrected chi connectivity index (χ3v) is 8.63. The largest absolute Gasteiger partial charge is 0.370 e. The minimum absolute atomic E-state index is 0.133. The van der Waals surface area contributed by atoms with Crippen molar-refractivity contribution < 1.29 is 4.79 Å². The van der Waals surface area contributed by atoms with Crippen LogP contribution >= 0.6 is 0 Å². The monoisotopic (exact) mass is 574 g/mol. The van der Waals surface area contributed by atoms with Crippen LogP contribution < -0.4 is 4.90 Å². The number of anilines is 1. The average molecular weight is 575 g/mol. The summed E-state index contributed by atoms with van der Waals surface area (Å²) in [5.74, 6) is 0.133. The zero-order chi connectivity index (χ0) is 29.9. The molecule has 1 aromatic heterocycles. The standard InChI is InChI=1S/C38H46N4O/c1-3-4-6-11-31-15-19-34(20-16-31)38(43)42(37-23-26-41(27-24-37)30-35-14-9-10-25-39-35)29-33-17-21-36(22-18-33)40(2)28-32-12-7-5-8-13-32/h5,7-10,12-22,25,37H,3-4,6,11,23-24,26-30H2,1-2H3. The van der Waals surface area contributed by atoms with Crippen molar-refractivity contribution in [2.45, 2.75) is 71.1 Å². The Balaban J connectivity index is 1.28. The first-order valence-corrected chi connectivity index (χ1v) is 15.9. The Hall–Kier alpha value is -3.96. The van der Waals surface area contributed by atoms with Crippen LogP contribution in [0.25, 0.3) is 0 Å². The summed E-state index contributed by atoms with van der Waals surface area (Å²) in [6, 6.07) is 34.0. The van der Waals surface area contributed by atoms with Crippen LogP contribution in [0.3, 0.4) is 0 Å². The molecule has 1 amide bonds. The number of pyridine rings is 1. The van der Waals surface area contributed by atoms with E-state index >= 15 is 0 Å². The molecule has 4 aromatic rings. The van der Waals surface area contributed by atoms with Crippen molar-refractivity contribution in [2.24, 2.45) is 0 Å². The molecule has 0 N–H and O–H groups in total. The van der Waals surface area contributed by atoms with Crippen LogP contribution in [0, 0.1) is 0 Å². The summed E-state index contributed by atoms with van der Waals surface area (Å²) in [5, 5.41) is 0. The first-order valence-electron chi connectivity index (χ1n) is 15.9. The number of hydrogen-bond donors (Lipinski definition) is 0. The van der Waals surface area contributed by atoms with Gasteiger partial charge in [-0.3, -0.25) is 14.7 Å². The molecule has 1 aliphatic rings. The van der Waals surface area contributed by atoms with E-state index in [-0.39, 0.29) is 11.9 Å². The van der Waals surface area contributed by atoms with E-state index < -0.39 is 0 Å². The molecule has 0 unspecified atom stereocenters. The van der Waals surface area contributed by atoms with E-state index in [1.54, 1.807) is 0 Å². The fraction of sp³-hybridized carbons (Fsp3) is 0.368. The van der Waals surface area contributed by atoms with E-state index in [4.69, 9.17) is 0 Å². The maximum Gasteiger partial charge on any atom is 0.254 e. The molecular weight excluding hydrogens is 528 g/mol. The molecule has 0 atom stereocenters. The second kappa shape index (κ2) is 15.5. The molecule has 5 heteroatoms. The van der Waals surface area contributed by atoms with Gasteiger partial charge < -0.3 is 9.80 Å². The number of aromatic nitrogens is 1. The number of piperidine rings is 1. The highest BCUT2D eigenvalue weighted by Crippen LogP contribution is 2.24. The lowest BCUT2D eigenvalue weighted by atomic mass is 9.99. The quantitative estimate of drug-likeness (QED) is 0.153. The molecular formula is C38H46N4O. The van der Waals surface area contributed by atoms with Crippen molar-refractivity contribution in [3.63, 3.8) is 0 Å². The Kier molecular flexibility index (Phi) is 11.0. The van der Waals surface area contributed by atoms with E-state index in [1.807, 2.05) is 24.4 Å². The highest BCUT2D eigenvalue weighted by molar-refractivity contribution is 5.94. The number of benzene rings is 3. The van der Waals surface area contributed by atoms with Gasteiger partial charge >= 0.3 is 0 Å². The molecule has 0 aliphatic carbocycles. The van der Waals surface area contributed by atoms with Gasteiger partial charge in [0.25, 0.3) is 5.91 Å². The summed E-state index contributed by atoms with van der Waals surface area (Å²) < 4.78 is 0. The molecule has 224 valence electrons. The van der Waals surface area contributed by atoms with Crippen molar-refractivity contribution in [2.75, 3.05) is 25.0 Å². The minimum Gasteiger partial charge on any atom is -0.370 e. The van der Waals surface area contributed by atoms with Gasteiger partial charge in [0, 0.05) is 63.3 Å². The summed E-state index contributed by atoms with van der Waals surface area (Å²) in [6.45, 7) is 6.49. The van der Waals surface area contributed by atoms with Gasteiger partial charge in [0.15, 0.2) is 0 Å². The number of carbonyl (C=O) groups excluding carboxylic acids is 1. The first-order chi connectivity index (χ1) is 21.1. The van der Waals surface area contributed by atoms with Gasteiger partial charge in [0.1, 0.15) is 0 Å². The highest BCUT2D eigenvalue weighted by Gasteiger charge is 2.29. The van der Waals surface area contributed by atoms with Gasteiger partial charge in [0.05, 0.1) is 5.69 Å². The van der Waals surface area contributed by atoms with Crippen LogP contribution in [-0.4, -0.2) is 46.9 Å². The molecule has 5 rings (SSSR count). The number of hydrogen-bond acceptors (Lipinski definition) is 4. The van der Waals surface area contributed by atoms with E-state index in [9.17, 15) is 4.79 Å². The van der Waals surface area contributed by atoms with Gasteiger partial charge in [-0.1, -0.05) is 80.4 Å². The maximum atomic E-state index is 14.1.